The van der Waals surface area contributed by atoms with Gasteiger partial charge in [0.25, 0.3) is 0 Å². The first-order chi connectivity index (χ1) is 13.6. The minimum atomic E-state index is 0.00272. The van der Waals surface area contributed by atoms with E-state index in [1.807, 2.05) is 37.4 Å². The van der Waals surface area contributed by atoms with Gasteiger partial charge in [0.05, 0.1) is 16.5 Å². The van der Waals surface area contributed by atoms with E-state index in [2.05, 4.69) is 51.8 Å². The van der Waals surface area contributed by atoms with E-state index < -0.39 is 0 Å². The van der Waals surface area contributed by atoms with E-state index in [-0.39, 0.29) is 5.91 Å². The number of carbonyl (C=O) groups excluding carboxylic acids is 1. The van der Waals surface area contributed by atoms with Gasteiger partial charge in [0.15, 0.2) is 0 Å². The second-order valence-electron chi connectivity index (χ2n) is 6.13. The van der Waals surface area contributed by atoms with Gasteiger partial charge in [-0.1, -0.05) is 13.0 Å². The summed E-state index contributed by atoms with van der Waals surface area (Å²) in [5.74, 6) is 1.16. The minimum absolute atomic E-state index is 0.00272. The Morgan fingerprint density at radius 3 is 2.89 bits per heavy atom. The van der Waals surface area contributed by atoms with Crippen molar-refractivity contribution in [2.75, 3.05) is 22.5 Å². The third kappa shape index (κ3) is 5.78. The maximum absolute atomic E-state index is 11.8. The third-order valence-electron chi connectivity index (χ3n) is 3.85. The monoisotopic (exact) mass is 443 g/mol. The Kier molecular flexibility index (Phi) is 6.96. The van der Waals surface area contributed by atoms with Gasteiger partial charge in [0.1, 0.15) is 5.82 Å². The molecule has 0 bridgehead atoms. The summed E-state index contributed by atoms with van der Waals surface area (Å²) in [6.45, 7) is 2.67. The van der Waals surface area contributed by atoms with Gasteiger partial charge in [-0.15, -0.1) is 0 Å². The Labute approximate surface area is 171 Å². The highest BCUT2D eigenvalue weighted by Crippen LogP contribution is 2.23. The molecule has 0 spiro atoms. The van der Waals surface area contributed by atoms with Crippen LogP contribution in [0.1, 0.15) is 25.5 Å². The zero-order chi connectivity index (χ0) is 19.8. The number of benzene rings is 1. The molecule has 28 heavy (non-hydrogen) atoms. The van der Waals surface area contributed by atoms with Crippen molar-refractivity contribution in [1.29, 1.82) is 0 Å². The molecule has 1 aromatic carbocycles. The van der Waals surface area contributed by atoms with Crippen molar-refractivity contribution in [2.24, 2.45) is 0 Å². The van der Waals surface area contributed by atoms with Crippen molar-refractivity contribution in [3.05, 3.63) is 53.2 Å². The molecule has 0 fully saturated rings. The van der Waals surface area contributed by atoms with E-state index in [0.717, 1.165) is 34.4 Å². The minimum Gasteiger partial charge on any atom is -0.369 e. The lowest BCUT2D eigenvalue weighted by molar-refractivity contribution is -0.116. The number of aromatic nitrogens is 4. The standard InChI is InChI=1S/C19H22BrN7O/c1-2-4-17(28)25-13-5-3-6-14(9-13)26-19-23-11-16(20)18(27-19)22-8-7-15-10-21-12-24-15/h3,5-6,9-12H,2,4,7-8H2,1H3,(H,21,24)(H,25,28)(H2,22,23,26,27). The molecule has 1 amide bonds. The number of anilines is 4. The molecule has 146 valence electrons. The molecule has 3 rings (SSSR count). The van der Waals surface area contributed by atoms with Crippen LogP contribution >= 0.6 is 15.9 Å². The number of nitrogens with zero attached hydrogens (tertiary/aromatic N) is 3. The topological polar surface area (TPSA) is 108 Å². The van der Waals surface area contributed by atoms with Crippen LogP contribution in [0.25, 0.3) is 0 Å². The molecule has 3 aromatic rings. The fraction of sp³-hybridized carbons (Fsp3) is 0.263. The molecule has 2 heterocycles. The largest absolute Gasteiger partial charge is 0.369 e. The number of hydrogen-bond acceptors (Lipinski definition) is 6. The van der Waals surface area contributed by atoms with Crippen molar-refractivity contribution in [3.8, 4) is 0 Å². The van der Waals surface area contributed by atoms with Gasteiger partial charge in [-0.05, 0) is 40.5 Å². The lowest BCUT2D eigenvalue weighted by atomic mass is 10.2. The Bertz CT molecular complexity index is 914. The zero-order valence-electron chi connectivity index (χ0n) is 15.5. The van der Waals surface area contributed by atoms with Crippen LogP contribution in [0.2, 0.25) is 0 Å². The Hall–Kier alpha value is -2.94. The van der Waals surface area contributed by atoms with E-state index >= 15 is 0 Å². The van der Waals surface area contributed by atoms with Gasteiger partial charge in [0, 0.05) is 43.2 Å². The molecule has 0 saturated heterocycles. The number of aromatic amines is 1. The Morgan fingerprint density at radius 2 is 2.11 bits per heavy atom. The van der Waals surface area contributed by atoms with Crippen LogP contribution in [-0.2, 0) is 11.2 Å². The number of nitrogens with one attached hydrogen (secondary N) is 4. The molecule has 0 aliphatic heterocycles. The number of halogens is 1. The van der Waals surface area contributed by atoms with Gasteiger partial charge in [-0.3, -0.25) is 4.79 Å². The fourth-order valence-corrected chi connectivity index (χ4v) is 2.87. The van der Waals surface area contributed by atoms with E-state index in [1.54, 1.807) is 12.5 Å². The van der Waals surface area contributed by atoms with Gasteiger partial charge in [0.2, 0.25) is 11.9 Å². The first kappa shape index (κ1) is 19.8. The van der Waals surface area contributed by atoms with Crippen LogP contribution in [-0.4, -0.2) is 32.4 Å². The molecule has 0 radical (unpaired) electrons. The van der Waals surface area contributed by atoms with Crippen molar-refractivity contribution in [2.45, 2.75) is 26.2 Å². The highest BCUT2D eigenvalue weighted by atomic mass is 79.9. The molecule has 9 heteroatoms. The molecule has 8 nitrogen and oxygen atoms in total. The molecule has 0 unspecified atom stereocenters. The summed E-state index contributed by atoms with van der Waals surface area (Å²) < 4.78 is 0.778. The summed E-state index contributed by atoms with van der Waals surface area (Å²) in [5, 5.41) is 9.33. The number of carbonyl (C=O) groups is 1. The van der Waals surface area contributed by atoms with Gasteiger partial charge < -0.3 is 20.9 Å². The number of imidazole rings is 1. The fourth-order valence-electron chi connectivity index (χ4n) is 2.54. The molecule has 0 aliphatic rings. The second-order valence-corrected chi connectivity index (χ2v) is 6.99. The summed E-state index contributed by atoms with van der Waals surface area (Å²) >= 11 is 3.46. The number of amides is 1. The Morgan fingerprint density at radius 1 is 1.25 bits per heavy atom. The van der Waals surface area contributed by atoms with Gasteiger partial charge >= 0.3 is 0 Å². The number of hydrogen-bond donors (Lipinski definition) is 4. The van der Waals surface area contributed by atoms with E-state index in [0.29, 0.717) is 24.7 Å². The molecular formula is C19H22BrN7O. The SMILES string of the molecule is CCCC(=O)Nc1cccc(Nc2ncc(Br)c(NCCc3c[nH]cn3)n2)c1. The van der Waals surface area contributed by atoms with Crippen molar-refractivity contribution >= 4 is 45.0 Å². The van der Waals surface area contributed by atoms with E-state index in [4.69, 9.17) is 0 Å². The maximum Gasteiger partial charge on any atom is 0.229 e. The summed E-state index contributed by atoms with van der Waals surface area (Å²) in [4.78, 5) is 27.7. The highest BCUT2D eigenvalue weighted by molar-refractivity contribution is 9.10. The predicted molar refractivity (Wildman–Crippen MR) is 114 cm³/mol. The van der Waals surface area contributed by atoms with Crippen molar-refractivity contribution in [3.63, 3.8) is 0 Å². The first-order valence-electron chi connectivity index (χ1n) is 9.05. The molecule has 0 saturated carbocycles. The average Bonchev–Trinajstić information content (AvgIpc) is 3.18. The van der Waals surface area contributed by atoms with E-state index in [9.17, 15) is 4.79 Å². The normalized spacial score (nSPS) is 10.5. The molecule has 2 aromatic heterocycles. The van der Waals surface area contributed by atoms with Crippen LogP contribution in [0.5, 0.6) is 0 Å². The first-order valence-corrected chi connectivity index (χ1v) is 9.84. The van der Waals surface area contributed by atoms with Crippen LogP contribution in [0.15, 0.2) is 47.5 Å². The van der Waals surface area contributed by atoms with E-state index in [1.165, 1.54) is 0 Å². The summed E-state index contributed by atoms with van der Waals surface area (Å²) in [6, 6.07) is 7.46. The van der Waals surface area contributed by atoms with Crippen LogP contribution in [0.3, 0.4) is 0 Å². The van der Waals surface area contributed by atoms with Crippen molar-refractivity contribution in [1.82, 2.24) is 19.9 Å². The van der Waals surface area contributed by atoms with Crippen molar-refractivity contribution < 1.29 is 4.79 Å². The summed E-state index contributed by atoms with van der Waals surface area (Å²) in [5.41, 5.74) is 2.51. The maximum atomic E-state index is 11.8. The summed E-state index contributed by atoms with van der Waals surface area (Å²) in [7, 11) is 0. The molecule has 4 N–H and O–H groups in total. The Balaban J connectivity index is 1.63. The second kappa shape index (κ2) is 9.84. The molecule has 0 atom stereocenters. The predicted octanol–water partition coefficient (Wildman–Crippen LogP) is 4.10. The zero-order valence-corrected chi connectivity index (χ0v) is 17.1. The molecule has 0 aliphatic carbocycles. The smallest absolute Gasteiger partial charge is 0.229 e. The lowest BCUT2D eigenvalue weighted by Gasteiger charge is -2.11. The van der Waals surface area contributed by atoms with Gasteiger partial charge in [-0.25, -0.2) is 9.97 Å². The molecular weight excluding hydrogens is 422 g/mol. The quantitative estimate of drug-likeness (QED) is 0.396. The third-order valence-corrected chi connectivity index (χ3v) is 4.43. The number of rotatable bonds is 9. The van der Waals surface area contributed by atoms with Gasteiger partial charge in [-0.2, -0.15) is 4.98 Å². The van der Waals surface area contributed by atoms with Crippen LogP contribution in [0.4, 0.5) is 23.1 Å². The van der Waals surface area contributed by atoms with Crippen LogP contribution in [0, 0.1) is 0 Å². The van der Waals surface area contributed by atoms with Crippen LogP contribution < -0.4 is 16.0 Å². The lowest BCUT2D eigenvalue weighted by Crippen LogP contribution is -2.11. The summed E-state index contributed by atoms with van der Waals surface area (Å²) in [6.07, 6.45) is 7.32. The average molecular weight is 444 g/mol. The number of H-pyrrole nitrogens is 1. The highest BCUT2D eigenvalue weighted by Gasteiger charge is 2.07.